The first-order valence-electron chi connectivity index (χ1n) is 18.4. The quantitative estimate of drug-likeness (QED) is 0.289. The van der Waals surface area contributed by atoms with E-state index >= 15 is 0 Å². The number of nitrogens with two attached hydrogens (primary N) is 1. The van der Waals surface area contributed by atoms with Gasteiger partial charge in [0.2, 0.25) is 0 Å². The van der Waals surface area contributed by atoms with E-state index in [1.807, 2.05) is 18.2 Å². The number of amides is 1. The van der Waals surface area contributed by atoms with Crippen molar-refractivity contribution in [3.05, 3.63) is 48.3 Å². The minimum absolute atomic E-state index is 0.0478. The molecule has 0 unspecified atom stereocenters. The molecule has 1 aromatic carbocycles. The molecule has 4 N–H and O–H groups in total. The zero-order valence-corrected chi connectivity index (χ0v) is 29.5. The van der Waals surface area contributed by atoms with E-state index in [0.29, 0.717) is 45.6 Å². The summed E-state index contributed by atoms with van der Waals surface area (Å²) in [6, 6.07) is 12.9. The lowest BCUT2D eigenvalue weighted by Crippen LogP contribution is -2.60. The van der Waals surface area contributed by atoms with E-state index < -0.39 is 5.91 Å². The van der Waals surface area contributed by atoms with Crippen molar-refractivity contribution >= 4 is 28.9 Å². The predicted molar refractivity (Wildman–Crippen MR) is 195 cm³/mol. The molecule has 1 aliphatic carbocycles. The molecule has 12 heteroatoms. The van der Waals surface area contributed by atoms with Gasteiger partial charge in [0, 0.05) is 61.2 Å². The number of carbonyl (C=O) groups is 1. The summed E-state index contributed by atoms with van der Waals surface area (Å²) in [5.41, 5.74) is 9.84. The highest BCUT2D eigenvalue weighted by atomic mass is 16.5. The average Bonchev–Trinajstić information content (AvgIpc) is 3.11. The maximum Gasteiger partial charge on any atom is 0.271 e. The van der Waals surface area contributed by atoms with E-state index in [2.05, 4.69) is 49.5 Å². The van der Waals surface area contributed by atoms with Gasteiger partial charge in [-0.25, -0.2) is 9.97 Å². The summed E-state index contributed by atoms with van der Waals surface area (Å²) in [5.74, 6) is 0.726. The normalized spacial score (nSPS) is 22.6. The highest BCUT2D eigenvalue weighted by Gasteiger charge is 2.44. The number of hydrogen-bond acceptors (Lipinski definition) is 11. The van der Waals surface area contributed by atoms with Crippen molar-refractivity contribution in [3.8, 4) is 17.1 Å². The van der Waals surface area contributed by atoms with Crippen LogP contribution in [0.4, 0.5) is 23.0 Å². The number of hydrogen-bond donors (Lipinski definition) is 3. The molecule has 50 heavy (non-hydrogen) atoms. The predicted octanol–water partition coefficient (Wildman–Crippen LogP) is 4.76. The van der Waals surface area contributed by atoms with E-state index in [1.165, 1.54) is 57.5 Å². The van der Waals surface area contributed by atoms with Crippen molar-refractivity contribution in [2.24, 2.45) is 16.6 Å². The SMILES string of the molecule is COc1cccnc1-c1nc(C(N)=O)c(Nc2ccc(N3CCC(N4CCC5(CC4)CN(C)C5)CC3)cc2)nc1NC1CCC2(CC1)COC2. The number of ether oxygens (including phenoxy) is 2. The maximum absolute atomic E-state index is 12.8. The van der Waals surface area contributed by atoms with Crippen LogP contribution in [0.1, 0.15) is 61.9 Å². The molecular formula is C38H51N9O3. The van der Waals surface area contributed by atoms with Gasteiger partial charge in [-0.15, -0.1) is 0 Å². The van der Waals surface area contributed by atoms with Crippen LogP contribution < -0.4 is 26.0 Å². The van der Waals surface area contributed by atoms with E-state index in [4.69, 9.17) is 25.2 Å². The van der Waals surface area contributed by atoms with Crippen LogP contribution in [-0.4, -0.2) is 109 Å². The van der Waals surface area contributed by atoms with Crippen molar-refractivity contribution < 1.29 is 14.3 Å². The van der Waals surface area contributed by atoms with E-state index in [9.17, 15) is 4.79 Å². The van der Waals surface area contributed by atoms with Gasteiger partial charge in [-0.05, 0) is 113 Å². The largest absolute Gasteiger partial charge is 0.494 e. The third-order valence-electron chi connectivity index (χ3n) is 12.1. The summed E-state index contributed by atoms with van der Waals surface area (Å²) in [6.07, 6.45) is 11.0. The zero-order chi connectivity index (χ0) is 34.3. The Morgan fingerprint density at radius 2 is 1.62 bits per heavy atom. The number of pyridine rings is 1. The molecule has 6 heterocycles. The van der Waals surface area contributed by atoms with Gasteiger partial charge in [-0.3, -0.25) is 9.78 Å². The van der Waals surface area contributed by atoms with Crippen molar-refractivity contribution in [3.63, 3.8) is 0 Å². The van der Waals surface area contributed by atoms with Crippen molar-refractivity contribution in [2.45, 2.75) is 63.5 Å². The van der Waals surface area contributed by atoms with Gasteiger partial charge in [-0.2, -0.15) is 0 Å². The average molecular weight is 682 g/mol. The molecular weight excluding hydrogens is 630 g/mol. The second-order valence-electron chi connectivity index (χ2n) is 15.5. The van der Waals surface area contributed by atoms with E-state index in [1.54, 1.807) is 19.4 Å². The van der Waals surface area contributed by atoms with Gasteiger partial charge in [-0.1, -0.05) is 0 Å². The molecule has 4 aliphatic heterocycles. The standard InChI is InChI=1S/C38H51N9O3/c1-45-22-37(23-45)15-20-47(21-16-37)29-11-18-46(19-12-29)28-7-5-26(6-8-28)41-36-33(34(39)48)43-32(31-30(49-2)4-3-17-40-31)35(44-36)42-27-9-13-38(14-10-27)24-50-25-38/h3-8,17,27,29H,9-16,18-25H2,1-2H3,(H2,39,48)(H2,41,42,44). The number of aromatic nitrogens is 3. The lowest BCUT2D eigenvalue weighted by atomic mass is 9.71. The van der Waals surface area contributed by atoms with Crippen LogP contribution in [0.15, 0.2) is 42.6 Å². The summed E-state index contributed by atoms with van der Waals surface area (Å²) in [5, 5.41) is 7.01. The number of likely N-dealkylation sites (tertiary alicyclic amines) is 2. The summed E-state index contributed by atoms with van der Waals surface area (Å²) in [4.78, 5) is 34.8. The summed E-state index contributed by atoms with van der Waals surface area (Å²) >= 11 is 0. The number of methoxy groups -OCH3 is 1. The minimum atomic E-state index is -0.671. The van der Waals surface area contributed by atoms with Crippen molar-refractivity contribution in [1.82, 2.24) is 24.8 Å². The molecule has 12 nitrogen and oxygen atoms in total. The number of nitrogens with zero attached hydrogens (tertiary/aromatic N) is 6. The lowest BCUT2D eigenvalue weighted by Gasteiger charge is -2.54. The Morgan fingerprint density at radius 1 is 0.900 bits per heavy atom. The number of benzene rings is 1. The first-order chi connectivity index (χ1) is 24.3. The van der Waals surface area contributed by atoms with Crippen LogP contribution in [0.3, 0.4) is 0 Å². The molecule has 0 radical (unpaired) electrons. The van der Waals surface area contributed by atoms with Crippen LogP contribution in [-0.2, 0) is 4.74 Å². The van der Waals surface area contributed by atoms with Crippen LogP contribution in [0.5, 0.6) is 5.75 Å². The molecule has 2 spiro atoms. The molecule has 2 aromatic heterocycles. The van der Waals surface area contributed by atoms with E-state index in [0.717, 1.165) is 57.7 Å². The monoisotopic (exact) mass is 681 g/mol. The lowest BCUT2D eigenvalue weighted by molar-refractivity contribution is -0.131. The molecule has 266 valence electrons. The fraction of sp³-hybridized carbons (Fsp3) is 0.579. The molecule has 3 aromatic rings. The van der Waals surface area contributed by atoms with E-state index in [-0.39, 0.29) is 11.7 Å². The Labute approximate surface area is 295 Å². The van der Waals surface area contributed by atoms with Crippen molar-refractivity contribution in [1.29, 1.82) is 0 Å². The molecule has 8 rings (SSSR count). The number of anilines is 4. The first kappa shape index (κ1) is 33.2. The summed E-state index contributed by atoms with van der Waals surface area (Å²) in [6.45, 7) is 8.88. The Bertz CT molecular complexity index is 1660. The zero-order valence-electron chi connectivity index (χ0n) is 29.5. The van der Waals surface area contributed by atoms with Gasteiger partial charge in [0.05, 0.1) is 20.3 Å². The Kier molecular flexibility index (Phi) is 9.03. The maximum atomic E-state index is 12.8. The van der Waals surface area contributed by atoms with Gasteiger partial charge in [0.1, 0.15) is 17.1 Å². The second-order valence-corrected chi connectivity index (χ2v) is 15.5. The van der Waals surface area contributed by atoms with Gasteiger partial charge in [0.25, 0.3) is 5.91 Å². The van der Waals surface area contributed by atoms with Crippen LogP contribution >= 0.6 is 0 Å². The van der Waals surface area contributed by atoms with Crippen LogP contribution in [0.25, 0.3) is 11.4 Å². The Hall–Kier alpha value is -4.00. The number of rotatable bonds is 9. The van der Waals surface area contributed by atoms with Crippen LogP contribution in [0.2, 0.25) is 0 Å². The number of nitrogens with one attached hydrogen (secondary N) is 2. The molecule has 4 saturated heterocycles. The fourth-order valence-corrected chi connectivity index (χ4v) is 9.10. The molecule has 5 fully saturated rings. The number of primary amides is 1. The number of piperidine rings is 2. The second kappa shape index (κ2) is 13.6. The van der Waals surface area contributed by atoms with Gasteiger partial charge < -0.3 is 40.5 Å². The minimum Gasteiger partial charge on any atom is -0.494 e. The molecule has 1 saturated carbocycles. The summed E-state index contributed by atoms with van der Waals surface area (Å²) < 4.78 is 11.2. The Balaban J connectivity index is 0.966. The van der Waals surface area contributed by atoms with Crippen molar-refractivity contribution in [2.75, 3.05) is 82.2 Å². The van der Waals surface area contributed by atoms with Crippen LogP contribution in [0, 0.1) is 10.8 Å². The highest BCUT2D eigenvalue weighted by Crippen LogP contribution is 2.44. The van der Waals surface area contributed by atoms with Gasteiger partial charge in [0.15, 0.2) is 17.3 Å². The third-order valence-corrected chi connectivity index (χ3v) is 12.1. The topological polar surface area (TPSA) is 134 Å². The smallest absolute Gasteiger partial charge is 0.271 e. The third kappa shape index (κ3) is 6.60. The molecule has 1 amide bonds. The Morgan fingerprint density at radius 3 is 2.24 bits per heavy atom. The molecule has 5 aliphatic rings. The summed E-state index contributed by atoms with van der Waals surface area (Å²) in [7, 11) is 3.84. The van der Waals surface area contributed by atoms with Gasteiger partial charge >= 0.3 is 0 Å². The number of carbonyl (C=O) groups excluding carboxylic acids is 1. The molecule has 0 atom stereocenters. The highest BCUT2D eigenvalue weighted by molar-refractivity contribution is 5.97. The fourth-order valence-electron chi connectivity index (χ4n) is 9.10. The molecule has 0 bridgehead atoms. The first-order valence-corrected chi connectivity index (χ1v) is 18.4.